The second-order valence-corrected chi connectivity index (χ2v) is 14.7. The minimum absolute atomic E-state index is 0.0872. The average Bonchev–Trinajstić information content (AvgIpc) is 3.22. The predicted octanol–water partition coefficient (Wildman–Crippen LogP) is 3.57. The maximum Gasteiger partial charge on any atom is 0.243 e. The zero-order chi connectivity index (χ0) is 41.3. The third-order valence-corrected chi connectivity index (χ3v) is 10.1. The first kappa shape index (κ1) is 43.0. The fraction of sp³-hybridized carbons (Fsp3) is 0.326. The first-order valence-electron chi connectivity index (χ1n) is 20.0. The van der Waals surface area contributed by atoms with Crippen molar-refractivity contribution in [1.82, 2.24) is 26.6 Å². The van der Waals surface area contributed by atoms with Crippen LogP contribution in [0.2, 0.25) is 0 Å². The molecule has 0 unspecified atom stereocenters. The fourth-order valence-corrected chi connectivity index (χ4v) is 6.97. The van der Waals surface area contributed by atoms with Crippen LogP contribution in [0.25, 0.3) is 21.5 Å². The van der Waals surface area contributed by atoms with Crippen LogP contribution < -0.4 is 38.1 Å². The summed E-state index contributed by atoms with van der Waals surface area (Å²) >= 11 is 0. The van der Waals surface area contributed by atoms with E-state index in [1.165, 1.54) is 0 Å². The van der Waals surface area contributed by atoms with Gasteiger partial charge in [-0.25, -0.2) is 0 Å². The molecule has 0 radical (unpaired) electrons. The van der Waals surface area contributed by atoms with Gasteiger partial charge < -0.3 is 38.1 Å². The highest BCUT2D eigenvalue weighted by molar-refractivity contribution is 5.96. The van der Waals surface area contributed by atoms with Gasteiger partial charge >= 0.3 is 0 Å². The topological polar surface area (TPSA) is 198 Å². The Morgan fingerprint density at radius 1 is 0.517 bits per heavy atom. The van der Waals surface area contributed by atoms with E-state index in [2.05, 4.69) is 26.6 Å². The van der Waals surface area contributed by atoms with Crippen LogP contribution in [0.1, 0.15) is 48.8 Å². The van der Waals surface area contributed by atoms with E-state index in [1.807, 2.05) is 122 Å². The lowest BCUT2D eigenvalue weighted by Crippen LogP contribution is -2.59. The first-order valence-corrected chi connectivity index (χ1v) is 20.0. The molecule has 9 N–H and O–H groups in total. The molecule has 0 saturated carbocycles. The van der Waals surface area contributed by atoms with Crippen molar-refractivity contribution < 1.29 is 24.0 Å². The van der Waals surface area contributed by atoms with Gasteiger partial charge in [0.05, 0.1) is 0 Å². The van der Waals surface area contributed by atoms with E-state index < -0.39 is 47.8 Å². The molecule has 0 aliphatic carbocycles. The molecule has 5 amide bonds. The lowest BCUT2D eigenvalue weighted by atomic mass is 9.98. The van der Waals surface area contributed by atoms with E-state index in [1.54, 1.807) is 0 Å². The summed E-state index contributed by atoms with van der Waals surface area (Å²) in [6, 6.07) is 32.4. The minimum Gasteiger partial charge on any atom is -0.368 e. The molecule has 5 rings (SSSR count). The van der Waals surface area contributed by atoms with Crippen LogP contribution in [0.5, 0.6) is 0 Å². The summed E-state index contributed by atoms with van der Waals surface area (Å²) in [5.41, 5.74) is 13.7. The van der Waals surface area contributed by atoms with Crippen molar-refractivity contribution >= 4 is 51.1 Å². The van der Waals surface area contributed by atoms with Crippen molar-refractivity contribution in [1.29, 1.82) is 0 Å². The van der Waals surface area contributed by atoms with Crippen LogP contribution in [0, 0.1) is 0 Å². The second-order valence-electron chi connectivity index (χ2n) is 14.7. The molecule has 4 atom stereocenters. The summed E-state index contributed by atoms with van der Waals surface area (Å²) in [6.07, 6.45) is 2.68. The SMILES string of the molecule is CNCCCC(=O)N[C@H](Cc1ccc2ccccc2c1)C(=O)N[C@H](Cc1ccc2ccccc2c1)C(=O)N[C@@H](Cc1ccccc1)C(=O)N[C@@H](CCCCN)C(N)=O. The number of primary amides is 1. The molecule has 0 fully saturated rings. The standard InChI is InChI=1S/C46H55N7O5/c1-49-25-11-19-42(54)50-39(29-32-20-22-34-14-5-7-16-36(34)26-32)44(56)53-41(30-33-21-23-35-15-6-8-17-37(35)27-33)46(58)52-40(28-31-12-3-2-4-13-31)45(57)51-38(43(48)55)18-9-10-24-47/h2-8,12-17,20-23,26-27,38-41,49H,9-11,18-19,24-25,28-30,47H2,1H3,(H2,48,55)(H,50,54)(H,51,57)(H,52,58)(H,53,56)/t38-,39+,40-,41+/m0/s1. The van der Waals surface area contributed by atoms with E-state index in [-0.39, 0.29) is 31.6 Å². The number of nitrogens with one attached hydrogen (secondary N) is 5. The molecule has 0 heterocycles. The van der Waals surface area contributed by atoms with Gasteiger partial charge in [-0.15, -0.1) is 0 Å². The molecule has 0 aliphatic rings. The summed E-state index contributed by atoms with van der Waals surface area (Å²) in [6.45, 7) is 1.06. The lowest BCUT2D eigenvalue weighted by molar-refractivity contribution is -0.134. The van der Waals surface area contributed by atoms with Gasteiger partial charge in [-0.2, -0.15) is 0 Å². The number of carbonyl (C=O) groups is 5. The Bertz CT molecular complexity index is 2160. The zero-order valence-electron chi connectivity index (χ0n) is 33.0. The molecular formula is C46H55N7O5. The monoisotopic (exact) mass is 785 g/mol. The second kappa shape index (κ2) is 22.0. The predicted molar refractivity (Wildman–Crippen MR) is 228 cm³/mol. The molecule has 5 aromatic carbocycles. The Balaban J connectivity index is 1.44. The van der Waals surface area contributed by atoms with E-state index in [9.17, 15) is 24.0 Å². The van der Waals surface area contributed by atoms with Crippen LogP contribution >= 0.6 is 0 Å². The van der Waals surface area contributed by atoms with E-state index in [4.69, 9.17) is 11.5 Å². The highest BCUT2D eigenvalue weighted by atomic mass is 16.2. The van der Waals surface area contributed by atoms with Gasteiger partial charge in [-0.3, -0.25) is 24.0 Å². The van der Waals surface area contributed by atoms with E-state index in [0.717, 1.165) is 38.2 Å². The summed E-state index contributed by atoms with van der Waals surface area (Å²) < 4.78 is 0. The van der Waals surface area contributed by atoms with Crippen LogP contribution in [-0.2, 0) is 43.2 Å². The molecule has 0 saturated heterocycles. The van der Waals surface area contributed by atoms with Crippen molar-refractivity contribution in [3.63, 3.8) is 0 Å². The number of hydrogen-bond donors (Lipinski definition) is 7. The number of benzene rings is 5. The van der Waals surface area contributed by atoms with Gasteiger partial charge in [0.2, 0.25) is 29.5 Å². The summed E-state index contributed by atoms with van der Waals surface area (Å²) in [4.78, 5) is 68.4. The molecule has 5 aromatic rings. The number of carbonyl (C=O) groups excluding carboxylic acids is 5. The molecule has 12 heteroatoms. The average molecular weight is 786 g/mol. The Morgan fingerprint density at radius 2 is 0.983 bits per heavy atom. The largest absolute Gasteiger partial charge is 0.368 e. The molecule has 58 heavy (non-hydrogen) atoms. The fourth-order valence-electron chi connectivity index (χ4n) is 6.97. The van der Waals surface area contributed by atoms with Crippen LogP contribution in [0.15, 0.2) is 115 Å². The van der Waals surface area contributed by atoms with Gasteiger partial charge in [0.15, 0.2) is 0 Å². The zero-order valence-corrected chi connectivity index (χ0v) is 33.0. The number of nitrogens with two attached hydrogens (primary N) is 2. The normalized spacial score (nSPS) is 13.2. The Labute approximate surface area is 339 Å². The van der Waals surface area contributed by atoms with Crippen LogP contribution in [-0.4, -0.2) is 73.8 Å². The molecule has 0 bridgehead atoms. The van der Waals surface area contributed by atoms with Crippen molar-refractivity contribution in [3.8, 4) is 0 Å². The quantitative estimate of drug-likeness (QED) is 0.0521. The molecule has 0 aromatic heterocycles. The maximum atomic E-state index is 14.5. The van der Waals surface area contributed by atoms with Gasteiger partial charge in [-0.05, 0) is 84.1 Å². The van der Waals surface area contributed by atoms with Crippen molar-refractivity contribution in [2.45, 2.75) is 75.5 Å². The Kier molecular flexibility index (Phi) is 16.3. The molecule has 304 valence electrons. The van der Waals surface area contributed by atoms with E-state index in [0.29, 0.717) is 38.8 Å². The van der Waals surface area contributed by atoms with E-state index >= 15 is 0 Å². The van der Waals surface area contributed by atoms with Gasteiger partial charge in [-0.1, -0.05) is 115 Å². The highest BCUT2D eigenvalue weighted by Crippen LogP contribution is 2.19. The van der Waals surface area contributed by atoms with Gasteiger partial charge in [0, 0.05) is 25.7 Å². The van der Waals surface area contributed by atoms with Crippen LogP contribution in [0.3, 0.4) is 0 Å². The number of rotatable bonds is 22. The third kappa shape index (κ3) is 13.0. The highest BCUT2D eigenvalue weighted by Gasteiger charge is 2.32. The number of hydrogen-bond acceptors (Lipinski definition) is 7. The molecule has 0 aliphatic heterocycles. The van der Waals surface area contributed by atoms with Crippen molar-refractivity contribution in [3.05, 3.63) is 132 Å². The van der Waals surface area contributed by atoms with Crippen molar-refractivity contribution in [2.24, 2.45) is 11.5 Å². The Morgan fingerprint density at radius 3 is 1.48 bits per heavy atom. The third-order valence-electron chi connectivity index (χ3n) is 10.1. The maximum absolute atomic E-state index is 14.5. The number of amides is 5. The summed E-state index contributed by atoms with van der Waals surface area (Å²) in [7, 11) is 1.81. The first-order chi connectivity index (χ1) is 28.1. The number of unbranched alkanes of at least 4 members (excludes halogenated alkanes) is 1. The molecular weight excluding hydrogens is 731 g/mol. The smallest absolute Gasteiger partial charge is 0.243 e. The Hall–Kier alpha value is -6.11. The molecule has 12 nitrogen and oxygen atoms in total. The summed E-state index contributed by atoms with van der Waals surface area (Å²) in [5, 5.41) is 18.6. The number of fused-ring (bicyclic) bond motifs is 2. The van der Waals surface area contributed by atoms with Gasteiger partial charge in [0.25, 0.3) is 0 Å². The summed E-state index contributed by atoms with van der Waals surface area (Å²) in [5.74, 6) is -2.73. The van der Waals surface area contributed by atoms with Crippen LogP contribution in [0.4, 0.5) is 0 Å². The lowest BCUT2D eigenvalue weighted by Gasteiger charge is -2.27. The molecule has 0 spiro atoms. The van der Waals surface area contributed by atoms with Crippen molar-refractivity contribution in [2.75, 3.05) is 20.1 Å². The minimum atomic E-state index is -1.16. The van der Waals surface area contributed by atoms with Gasteiger partial charge in [0.1, 0.15) is 24.2 Å².